The van der Waals surface area contributed by atoms with E-state index in [2.05, 4.69) is 41.5 Å². The number of rotatable bonds is 6. The number of hydrogen-bond acceptors (Lipinski definition) is 5. The number of carbonyl (C=O) groups excluding carboxylic acids is 1. The van der Waals surface area contributed by atoms with E-state index >= 15 is 0 Å². The average molecular weight is 479 g/mol. The Kier molecular flexibility index (Phi) is 6.99. The van der Waals surface area contributed by atoms with Crippen molar-refractivity contribution < 1.29 is 9.53 Å². The fourth-order valence-corrected chi connectivity index (χ4v) is 5.04. The summed E-state index contributed by atoms with van der Waals surface area (Å²) in [4.78, 5) is 18.9. The number of nitrogens with one attached hydrogen (secondary N) is 1. The third-order valence-electron chi connectivity index (χ3n) is 7.17. The molecule has 1 amide bonds. The number of piperidine rings is 1. The van der Waals surface area contributed by atoms with Gasteiger partial charge in [0, 0.05) is 48.5 Å². The molecule has 1 aliphatic carbocycles. The molecule has 0 spiro atoms. The van der Waals surface area contributed by atoms with Gasteiger partial charge < -0.3 is 15.0 Å². The van der Waals surface area contributed by atoms with Crippen LogP contribution in [0, 0.1) is 23.2 Å². The fourth-order valence-electron chi connectivity index (χ4n) is 5.04. The molecule has 2 aliphatic rings. The summed E-state index contributed by atoms with van der Waals surface area (Å²) < 4.78 is 5.64. The number of aromatic nitrogens is 1. The number of pyridine rings is 1. The topological polar surface area (TPSA) is 78.2 Å². The molecule has 5 rings (SSSR count). The molecule has 2 atom stereocenters. The summed E-state index contributed by atoms with van der Waals surface area (Å²) >= 11 is 0. The molecule has 0 bridgehead atoms. The lowest BCUT2D eigenvalue weighted by Crippen LogP contribution is -2.44. The molecule has 6 nitrogen and oxygen atoms in total. The maximum Gasteiger partial charge on any atom is 0.260 e. The van der Waals surface area contributed by atoms with Gasteiger partial charge in [-0.3, -0.25) is 9.78 Å². The zero-order valence-corrected chi connectivity index (χ0v) is 20.4. The fraction of sp³-hybridized carbons (Fsp3) is 0.300. The van der Waals surface area contributed by atoms with Crippen LogP contribution in [0.4, 0.5) is 5.69 Å². The quantitative estimate of drug-likeness (QED) is 0.510. The first-order valence-corrected chi connectivity index (χ1v) is 12.5. The Morgan fingerprint density at radius 1 is 1.19 bits per heavy atom. The number of nitrogens with zero attached hydrogens (tertiary/aromatic N) is 3. The van der Waals surface area contributed by atoms with Gasteiger partial charge in [-0.05, 0) is 59.7 Å². The molecule has 1 aliphatic heterocycles. The first-order valence-electron chi connectivity index (χ1n) is 12.5. The van der Waals surface area contributed by atoms with E-state index in [0.29, 0.717) is 18.8 Å². The van der Waals surface area contributed by atoms with Crippen LogP contribution in [0.5, 0.6) is 5.75 Å². The highest BCUT2D eigenvalue weighted by Gasteiger charge is 2.25. The second-order valence-corrected chi connectivity index (χ2v) is 9.47. The zero-order chi connectivity index (χ0) is 24.9. The third-order valence-corrected chi connectivity index (χ3v) is 7.17. The predicted molar refractivity (Wildman–Crippen MR) is 142 cm³/mol. The van der Waals surface area contributed by atoms with E-state index in [1.807, 2.05) is 65.8 Å². The van der Waals surface area contributed by atoms with E-state index in [-0.39, 0.29) is 30.4 Å². The van der Waals surface area contributed by atoms with Crippen LogP contribution in [-0.4, -0.2) is 41.5 Å². The minimum absolute atomic E-state index is 0.0206. The van der Waals surface area contributed by atoms with Crippen LogP contribution in [0.25, 0.3) is 16.3 Å². The SMILES string of the molecule is CC1C(c2cc(NC3CCN(C(=O)COc4ccccc4)CC3)c3cnccc3c2)=CC=CC1C#N. The van der Waals surface area contributed by atoms with E-state index in [1.165, 1.54) is 5.57 Å². The van der Waals surface area contributed by atoms with Crippen LogP contribution >= 0.6 is 0 Å². The highest BCUT2D eigenvalue weighted by Crippen LogP contribution is 2.37. The number of allylic oxidation sites excluding steroid dienone is 4. The molecule has 2 heterocycles. The summed E-state index contributed by atoms with van der Waals surface area (Å²) in [5.74, 6) is 0.732. The highest BCUT2D eigenvalue weighted by molar-refractivity contribution is 5.96. The zero-order valence-electron chi connectivity index (χ0n) is 20.4. The normalized spacial score (nSPS) is 20.0. The Morgan fingerprint density at radius 2 is 2.00 bits per heavy atom. The molecule has 36 heavy (non-hydrogen) atoms. The molecule has 3 aromatic rings. The standard InChI is InChI=1S/C30H30N4O2/c1-21-23(18-31)6-5-9-27(21)24-16-22-10-13-32-19-28(22)29(17-24)33-25-11-14-34(15-12-25)30(35)20-36-26-7-3-2-4-8-26/h2-10,13,16-17,19,21,23,25,33H,11-12,14-15,20H2,1H3. The molecule has 1 aromatic heterocycles. The highest BCUT2D eigenvalue weighted by atomic mass is 16.5. The molecule has 0 radical (unpaired) electrons. The molecule has 0 saturated carbocycles. The van der Waals surface area contributed by atoms with Gasteiger partial charge in [0.05, 0.1) is 12.0 Å². The van der Waals surface area contributed by atoms with Gasteiger partial charge in [0.15, 0.2) is 6.61 Å². The second kappa shape index (κ2) is 10.7. The third kappa shape index (κ3) is 5.11. The number of anilines is 1. The number of likely N-dealkylation sites (tertiary alicyclic amines) is 1. The van der Waals surface area contributed by atoms with Gasteiger partial charge >= 0.3 is 0 Å². The summed E-state index contributed by atoms with van der Waals surface area (Å²) in [6.07, 6.45) is 11.5. The van der Waals surface area contributed by atoms with Gasteiger partial charge in [-0.2, -0.15) is 5.26 Å². The lowest BCUT2D eigenvalue weighted by molar-refractivity contribution is -0.134. The molecule has 1 N–H and O–H groups in total. The van der Waals surface area contributed by atoms with Crippen LogP contribution in [0.2, 0.25) is 0 Å². The van der Waals surface area contributed by atoms with Gasteiger partial charge in [-0.1, -0.05) is 43.4 Å². The number of fused-ring (bicyclic) bond motifs is 1. The summed E-state index contributed by atoms with van der Waals surface area (Å²) in [6, 6.07) is 18.5. The Hall–Kier alpha value is -4.11. The number of carbonyl (C=O) groups is 1. The van der Waals surface area contributed by atoms with Crippen molar-refractivity contribution >= 4 is 27.9 Å². The van der Waals surface area contributed by atoms with Crippen molar-refractivity contribution in [2.45, 2.75) is 25.8 Å². The van der Waals surface area contributed by atoms with E-state index < -0.39 is 0 Å². The lowest BCUT2D eigenvalue weighted by atomic mass is 9.80. The Morgan fingerprint density at radius 3 is 2.78 bits per heavy atom. The molecular weight excluding hydrogens is 448 g/mol. The molecule has 182 valence electrons. The number of para-hydroxylation sites is 1. The van der Waals surface area contributed by atoms with Crippen LogP contribution in [-0.2, 0) is 4.79 Å². The first kappa shape index (κ1) is 23.6. The smallest absolute Gasteiger partial charge is 0.260 e. The van der Waals surface area contributed by atoms with Gasteiger partial charge in [0.25, 0.3) is 5.91 Å². The van der Waals surface area contributed by atoms with E-state index in [4.69, 9.17) is 4.74 Å². The van der Waals surface area contributed by atoms with Crippen molar-refractivity contribution in [3.05, 3.63) is 84.7 Å². The van der Waals surface area contributed by atoms with Crippen LogP contribution in [0.3, 0.4) is 0 Å². The molecule has 1 fully saturated rings. The number of ether oxygens (including phenoxy) is 1. The van der Waals surface area contributed by atoms with Crippen molar-refractivity contribution in [2.24, 2.45) is 11.8 Å². The molecule has 2 aromatic carbocycles. The summed E-state index contributed by atoms with van der Waals surface area (Å²) in [6.45, 7) is 3.57. The molecular formula is C30H30N4O2. The predicted octanol–water partition coefficient (Wildman–Crippen LogP) is 5.45. The maximum absolute atomic E-state index is 12.7. The van der Waals surface area contributed by atoms with Crippen molar-refractivity contribution in [1.29, 1.82) is 5.26 Å². The van der Waals surface area contributed by atoms with Crippen molar-refractivity contribution in [2.75, 3.05) is 25.0 Å². The Balaban J connectivity index is 1.27. The summed E-state index contributed by atoms with van der Waals surface area (Å²) in [7, 11) is 0. The maximum atomic E-state index is 12.7. The molecule has 6 heteroatoms. The van der Waals surface area contributed by atoms with Gasteiger partial charge in [-0.15, -0.1) is 0 Å². The van der Waals surface area contributed by atoms with Gasteiger partial charge in [0.1, 0.15) is 5.75 Å². The Labute approximate surface area is 211 Å². The minimum Gasteiger partial charge on any atom is -0.484 e. The van der Waals surface area contributed by atoms with E-state index in [0.717, 1.165) is 34.9 Å². The number of hydrogen-bond donors (Lipinski definition) is 1. The van der Waals surface area contributed by atoms with Crippen molar-refractivity contribution in [3.8, 4) is 11.8 Å². The van der Waals surface area contributed by atoms with Crippen LogP contribution in [0.1, 0.15) is 25.3 Å². The second-order valence-electron chi connectivity index (χ2n) is 9.47. The van der Waals surface area contributed by atoms with Crippen molar-refractivity contribution in [3.63, 3.8) is 0 Å². The lowest BCUT2D eigenvalue weighted by Gasteiger charge is -2.33. The van der Waals surface area contributed by atoms with E-state index in [9.17, 15) is 10.1 Å². The average Bonchev–Trinajstić information content (AvgIpc) is 2.93. The van der Waals surface area contributed by atoms with E-state index in [1.54, 1.807) is 0 Å². The minimum atomic E-state index is -0.123. The first-order chi connectivity index (χ1) is 17.6. The van der Waals surface area contributed by atoms with Crippen LogP contribution < -0.4 is 10.1 Å². The number of nitriles is 1. The largest absolute Gasteiger partial charge is 0.484 e. The number of benzene rings is 2. The Bertz CT molecular complexity index is 1330. The van der Waals surface area contributed by atoms with Crippen molar-refractivity contribution in [1.82, 2.24) is 9.88 Å². The molecule has 2 unspecified atom stereocenters. The number of amides is 1. The van der Waals surface area contributed by atoms with Gasteiger partial charge in [0.2, 0.25) is 0 Å². The molecule has 1 saturated heterocycles. The summed E-state index contributed by atoms with van der Waals surface area (Å²) in [5.41, 5.74) is 3.34. The van der Waals surface area contributed by atoms with Crippen LogP contribution in [0.15, 0.2) is 79.2 Å². The monoisotopic (exact) mass is 478 g/mol. The van der Waals surface area contributed by atoms with Gasteiger partial charge in [-0.25, -0.2) is 0 Å². The summed E-state index contributed by atoms with van der Waals surface area (Å²) in [5, 5.41) is 15.5.